The number of hydrogen-bond donors (Lipinski definition) is 2. The van der Waals surface area contributed by atoms with Crippen molar-refractivity contribution in [3.8, 4) is 28.7 Å². The van der Waals surface area contributed by atoms with Crippen molar-refractivity contribution >= 4 is 29.8 Å². The molecule has 0 atom stereocenters. The smallest absolute Gasteiger partial charge is 0.248 e. The van der Waals surface area contributed by atoms with Gasteiger partial charge in [0.05, 0.1) is 34.1 Å². The topological polar surface area (TPSA) is 86.3 Å². The summed E-state index contributed by atoms with van der Waals surface area (Å²) in [5, 5.41) is 13.4. The molecule has 0 aliphatic heterocycles. The molecule has 7 nitrogen and oxygen atoms in total. The van der Waals surface area contributed by atoms with E-state index in [1.54, 1.807) is 56.7 Å². The number of ether oxygens (including phenoxy) is 4. The number of benzene rings is 3. The van der Waals surface area contributed by atoms with E-state index < -0.39 is 5.91 Å². The molecular formula is C27H27NO6. The summed E-state index contributed by atoms with van der Waals surface area (Å²) in [6, 6.07) is 16.4. The molecule has 0 saturated heterocycles. The summed E-state index contributed by atoms with van der Waals surface area (Å²) in [7, 11) is 6.07. The first-order valence-corrected chi connectivity index (χ1v) is 10.4. The zero-order valence-electron chi connectivity index (χ0n) is 19.5. The van der Waals surface area contributed by atoms with E-state index in [4.69, 9.17) is 18.9 Å². The normalized spacial score (nSPS) is 10.9. The Morgan fingerprint density at radius 2 is 1.41 bits per heavy atom. The van der Waals surface area contributed by atoms with Gasteiger partial charge >= 0.3 is 0 Å². The molecule has 0 unspecified atom stereocenters. The lowest BCUT2D eigenvalue weighted by atomic mass is 10.1. The van der Waals surface area contributed by atoms with Crippen LogP contribution < -0.4 is 24.3 Å². The summed E-state index contributed by atoms with van der Waals surface area (Å²) < 4.78 is 21.4. The van der Waals surface area contributed by atoms with Crippen LogP contribution in [0.5, 0.6) is 28.7 Å². The molecule has 1 amide bonds. The standard InChI is InChI=1S/C27H27NO6/c1-31-21-14-13-20(12-10-19-16-22(32-2)27(34-4)23(17-19)33-3)25(26(21)30)28-24(29)15-11-18-8-6-5-7-9-18/h5-17,30H,1-4H3,(H,28,29)/b12-10?,15-11+. The van der Waals surface area contributed by atoms with Crippen molar-refractivity contribution in [3.05, 3.63) is 77.4 Å². The van der Waals surface area contributed by atoms with Crippen molar-refractivity contribution in [2.75, 3.05) is 33.8 Å². The van der Waals surface area contributed by atoms with Gasteiger partial charge in [-0.05, 0) is 41.5 Å². The van der Waals surface area contributed by atoms with Gasteiger partial charge in [0.2, 0.25) is 11.7 Å². The minimum atomic E-state index is -0.394. The van der Waals surface area contributed by atoms with Gasteiger partial charge in [0.25, 0.3) is 0 Å². The summed E-state index contributed by atoms with van der Waals surface area (Å²) in [4.78, 5) is 12.6. The Bertz CT molecular complexity index is 1180. The molecule has 0 bridgehead atoms. The van der Waals surface area contributed by atoms with Crippen LogP contribution in [0.15, 0.2) is 60.7 Å². The minimum Gasteiger partial charge on any atom is -0.503 e. The predicted octanol–water partition coefficient (Wildman–Crippen LogP) is 5.25. The highest BCUT2D eigenvalue weighted by molar-refractivity contribution is 6.04. The second-order valence-electron chi connectivity index (χ2n) is 7.11. The number of amides is 1. The molecular weight excluding hydrogens is 434 g/mol. The number of methoxy groups -OCH3 is 4. The predicted molar refractivity (Wildman–Crippen MR) is 134 cm³/mol. The maximum Gasteiger partial charge on any atom is 0.248 e. The largest absolute Gasteiger partial charge is 0.503 e. The van der Waals surface area contributed by atoms with Gasteiger partial charge in [0, 0.05) is 11.6 Å². The van der Waals surface area contributed by atoms with E-state index >= 15 is 0 Å². The molecule has 0 aliphatic carbocycles. The number of phenols is 1. The minimum absolute atomic E-state index is 0.170. The second kappa shape index (κ2) is 11.5. The Hall–Kier alpha value is -4.39. The third kappa shape index (κ3) is 5.69. The molecule has 0 aromatic heterocycles. The average Bonchev–Trinajstić information content (AvgIpc) is 2.87. The Morgan fingerprint density at radius 1 is 0.765 bits per heavy atom. The molecule has 0 radical (unpaired) electrons. The maximum atomic E-state index is 12.6. The number of anilines is 1. The van der Waals surface area contributed by atoms with Crippen LogP contribution in [0.1, 0.15) is 16.7 Å². The van der Waals surface area contributed by atoms with Crippen LogP contribution in [0.4, 0.5) is 5.69 Å². The maximum absolute atomic E-state index is 12.6. The lowest BCUT2D eigenvalue weighted by Crippen LogP contribution is -2.09. The van der Waals surface area contributed by atoms with Gasteiger partial charge in [-0.25, -0.2) is 0 Å². The van der Waals surface area contributed by atoms with Crippen LogP contribution in [-0.4, -0.2) is 39.5 Å². The molecule has 0 fully saturated rings. The number of carbonyl (C=O) groups is 1. The monoisotopic (exact) mass is 461 g/mol. The van der Waals surface area contributed by atoms with Crippen molar-refractivity contribution in [2.24, 2.45) is 0 Å². The van der Waals surface area contributed by atoms with E-state index in [2.05, 4.69) is 5.32 Å². The lowest BCUT2D eigenvalue weighted by Gasteiger charge is -2.14. The molecule has 0 saturated carbocycles. The summed E-state index contributed by atoms with van der Waals surface area (Å²) in [5.41, 5.74) is 2.46. The number of phenolic OH excluding ortho intramolecular Hbond substituents is 1. The quantitative estimate of drug-likeness (QED) is 0.257. The van der Waals surface area contributed by atoms with Crippen LogP contribution in [-0.2, 0) is 4.79 Å². The first kappa shape index (κ1) is 24.3. The molecule has 0 heterocycles. The Morgan fingerprint density at radius 3 is 2.00 bits per heavy atom. The van der Waals surface area contributed by atoms with E-state index in [1.165, 1.54) is 20.3 Å². The Kier molecular flexibility index (Phi) is 8.18. The highest BCUT2D eigenvalue weighted by Gasteiger charge is 2.15. The van der Waals surface area contributed by atoms with Crippen LogP contribution in [0.2, 0.25) is 0 Å². The molecule has 3 rings (SSSR count). The van der Waals surface area contributed by atoms with Crippen molar-refractivity contribution in [1.29, 1.82) is 0 Å². The fraction of sp³-hybridized carbons (Fsp3) is 0.148. The van der Waals surface area contributed by atoms with Crippen LogP contribution >= 0.6 is 0 Å². The van der Waals surface area contributed by atoms with E-state index in [1.807, 2.05) is 30.3 Å². The molecule has 0 spiro atoms. The molecule has 7 heteroatoms. The molecule has 2 N–H and O–H groups in total. The lowest BCUT2D eigenvalue weighted by molar-refractivity contribution is -0.111. The number of nitrogens with one attached hydrogen (secondary N) is 1. The fourth-order valence-electron chi connectivity index (χ4n) is 3.31. The fourth-order valence-corrected chi connectivity index (χ4v) is 3.31. The third-order valence-corrected chi connectivity index (χ3v) is 5.01. The number of carbonyl (C=O) groups excluding carboxylic acids is 1. The van der Waals surface area contributed by atoms with Crippen molar-refractivity contribution < 1.29 is 28.8 Å². The summed E-state index contributed by atoms with van der Waals surface area (Å²) >= 11 is 0. The van der Waals surface area contributed by atoms with E-state index in [9.17, 15) is 9.90 Å². The summed E-state index contributed by atoms with van der Waals surface area (Å²) in [5.74, 6) is 1.19. The van der Waals surface area contributed by atoms with Gasteiger partial charge in [-0.15, -0.1) is 0 Å². The van der Waals surface area contributed by atoms with Crippen molar-refractivity contribution in [1.82, 2.24) is 0 Å². The summed E-state index contributed by atoms with van der Waals surface area (Å²) in [6.45, 7) is 0. The van der Waals surface area contributed by atoms with Crippen LogP contribution in [0.3, 0.4) is 0 Å². The van der Waals surface area contributed by atoms with Gasteiger partial charge in [-0.2, -0.15) is 0 Å². The first-order valence-electron chi connectivity index (χ1n) is 10.4. The molecule has 34 heavy (non-hydrogen) atoms. The van der Waals surface area contributed by atoms with Crippen molar-refractivity contribution in [2.45, 2.75) is 0 Å². The highest BCUT2D eigenvalue weighted by Crippen LogP contribution is 2.40. The SMILES string of the molecule is COc1ccc(C=Cc2cc(OC)c(OC)c(OC)c2)c(NC(=O)/C=C/c2ccccc2)c1O. The Balaban J connectivity index is 1.93. The molecule has 3 aromatic rings. The number of hydrogen-bond acceptors (Lipinski definition) is 6. The molecule has 3 aromatic carbocycles. The first-order chi connectivity index (χ1) is 16.5. The van der Waals surface area contributed by atoms with E-state index in [0.717, 1.165) is 11.1 Å². The van der Waals surface area contributed by atoms with E-state index in [0.29, 0.717) is 22.8 Å². The summed E-state index contributed by atoms with van der Waals surface area (Å²) in [6.07, 6.45) is 6.66. The average molecular weight is 462 g/mol. The molecule has 0 aliphatic rings. The zero-order valence-corrected chi connectivity index (χ0v) is 19.5. The Labute approximate surface area is 198 Å². The third-order valence-electron chi connectivity index (χ3n) is 5.01. The van der Waals surface area contributed by atoms with Gasteiger partial charge in [-0.1, -0.05) is 42.5 Å². The van der Waals surface area contributed by atoms with Gasteiger partial charge < -0.3 is 29.4 Å². The number of rotatable bonds is 9. The zero-order chi connectivity index (χ0) is 24.5. The van der Waals surface area contributed by atoms with E-state index in [-0.39, 0.29) is 17.2 Å². The second-order valence-corrected chi connectivity index (χ2v) is 7.11. The van der Waals surface area contributed by atoms with Crippen LogP contribution in [0, 0.1) is 0 Å². The molecule has 176 valence electrons. The highest BCUT2D eigenvalue weighted by atomic mass is 16.5. The van der Waals surface area contributed by atoms with Crippen molar-refractivity contribution in [3.63, 3.8) is 0 Å². The number of aromatic hydroxyl groups is 1. The van der Waals surface area contributed by atoms with Gasteiger partial charge in [0.1, 0.15) is 0 Å². The van der Waals surface area contributed by atoms with Gasteiger partial charge in [0.15, 0.2) is 23.0 Å². The van der Waals surface area contributed by atoms with Gasteiger partial charge in [-0.3, -0.25) is 4.79 Å². The van der Waals surface area contributed by atoms with Crippen LogP contribution in [0.25, 0.3) is 18.2 Å².